The molecule has 2 aliphatic rings. The highest BCUT2D eigenvalue weighted by Crippen LogP contribution is 2.32. The van der Waals surface area contributed by atoms with Gasteiger partial charge in [0.1, 0.15) is 0 Å². The third-order valence-corrected chi connectivity index (χ3v) is 4.95. The van der Waals surface area contributed by atoms with E-state index in [4.69, 9.17) is 9.47 Å². The van der Waals surface area contributed by atoms with E-state index in [2.05, 4.69) is 26.1 Å². The van der Waals surface area contributed by atoms with Crippen LogP contribution in [0.1, 0.15) is 59.3 Å². The van der Waals surface area contributed by atoms with Crippen LogP contribution in [-0.2, 0) is 9.47 Å². The van der Waals surface area contributed by atoms with Gasteiger partial charge in [-0.3, -0.25) is 0 Å². The molecule has 0 spiro atoms. The molecule has 0 amide bonds. The topological polar surface area (TPSA) is 30.5 Å². The van der Waals surface area contributed by atoms with Gasteiger partial charge in [-0.15, -0.1) is 0 Å². The van der Waals surface area contributed by atoms with E-state index < -0.39 is 0 Å². The second-order valence-electron chi connectivity index (χ2n) is 6.88. The van der Waals surface area contributed by atoms with Crippen molar-refractivity contribution in [1.82, 2.24) is 5.32 Å². The lowest BCUT2D eigenvalue weighted by atomic mass is 9.78. The molecule has 118 valence electrons. The molecular weight excluding hydrogens is 250 g/mol. The Labute approximate surface area is 124 Å². The summed E-state index contributed by atoms with van der Waals surface area (Å²) in [6.45, 7) is 9.75. The van der Waals surface area contributed by atoms with Crippen molar-refractivity contribution in [3.05, 3.63) is 0 Å². The molecule has 1 heterocycles. The monoisotopic (exact) mass is 283 g/mol. The standard InChI is InChI=1S/C17H33NO2/c1-4-9-18-16-8-7-14(13(2)3)11-17(16)20-12-15-6-5-10-19-15/h13-18H,4-12H2,1-3H3. The fraction of sp³-hybridized carbons (Fsp3) is 1.00. The Hall–Kier alpha value is -0.120. The van der Waals surface area contributed by atoms with Crippen LogP contribution in [-0.4, -0.2) is 38.0 Å². The fourth-order valence-corrected chi connectivity index (χ4v) is 3.52. The summed E-state index contributed by atoms with van der Waals surface area (Å²) in [5.74, 6) is 1.60. The first-order valence-corrected chi connectivity index (χ1v) is 8.67. The molecule has 3 nitrogen and oxygen atoms in total. The summed E-state index contributed by atoms with van der Waals surface area (Å²) in [4.78, 5) is 0. The first-order valence-electron chi connectivity index (χ1n) is 8.67. The van der Waals surface area contributed by atoms with Gasteiger partial charge < -0.3 is 14.8 Å². The summed E-state index contributed by atoms with van der Waals surface area (Å²) in [6, 6.07) is 0.548. The molecule has 0 aromatic carbocycles. The molecule has 0 bridgehead atoms. The van der Waals surface area contributed by atoms with E-state index in [1.54, 1.807) is 0 Å². The van der Waals surface area contributed by atoms with Crippen LogP contribution in [0.25, 0.3) is 0 Å². The van der Waals surface area contributed by atoms with E-state index in [0.717, 1.165) is 31.6 Å². The SMILES string of the molecule is CCCNC1CCC(C(C)C)CC1OCC1CCCO1. The van der Waals surface area contributed by atoms with Gasteiger partial charge in [-0.1, -0.05) is 20.8 Å². The average Bonchev–Trinajstić information content (AvgIpc) is 2.96. The van der Waals surface area contributed by atoms with E-state index in [1.165, 1.54) is 38.5 Å². The summed E-state index contributed by atoms with van der Waals surface area (Å²) in [5.41, 5.74) is 0. The lowest BCUT2D eigenvalue weighted by molar-refractivity contribution is -0.0575. The fourth-order valence-electron chi connectivity index (χ4n) is 3.52. The van der Waals surface area contributed by atoms with Crippen molar-refractivity contribution >= 4 is 0 Å². The Morgan fingerprint density at radius 2 is 2.10 bits per heavy atom. The van der Waals surface area contributed by atoms with Gasteiger partial charge in [0, 0.05) is 12.6 Å². The first-order chi connectivity index (χ1) is 9.70. The minimum Gasteiger partial charge on any atom is -0.376 e. The maximum atomic E-state index is 6.27. The van der Waals surface area contributed by atoms with E-state index >= 15 is 0 Å². The van der Waals surface area contributed by atoms with Crippen molar-refractivity contribution in [3.63, 3.8) is 0 Å². The zero-order chi connectivity index (χ0) is 14.4. The van der Waals surface area contributed by atoms with Gasteiger partial charge in [0.2, 0.25) is 0 Å². The third-order valence-electron chi connectivity index (χ3n) is 4.95. The van der Waals surface area contributed by atoms with Gasteiger partial charge in [0.05, 0.1) is 18.8 Å². The van der Waals surface area contributed by atoms with E-state index in [-0.39, 0.29) is 0 Å². The Morgan fingerprint density at radius 1 is 1.25 bits per heavy atom. The summed E-state index contributed by atoms with van der Waals surface area (Å²) in [7, 11) is 0. The highest BCUT2D eigenvalue weighted by atomic mass is 16.5. The summed E-state index contributed by atoms with van der Waals surface area (Å²) < 4.78 is 12.0. The molecule has 1 N–H and O–H groups in total. The van der Waals surface area contributed by atoms with Crippen LogP contribution in [0.15, 0.2) is 0 Å². The maximum Gasteiger partial charge on any atom is 0.0809 e. The predicted octanol–water partition coefficient (Wildman–Crippen LogP) is 3.37. The van der Waals surface area contributed by atoms with E-state index in [0.29, 0.717) is 18.2 Å². The van der Waals surface area contributed by atoms with Crippen molar-refractivity contribution < 1.29 is 9.47 Å². The molecule has 2 fully saturated rings. The lowest BCUT2D eigenvalue weighted by Gasteiger charge is -2.38. The number of ether oxygens (including phenoxy) is 2. The molecule has 3 heteroatoms. The Bertz CT molecular complexity index is 264. The second kappa shape index (κ2) is 8.35. The minimum absolute atomic E-state index is 0.348. The Morgan fingerprint density at radius 3 is 2.75 bits per heavy atom. The van der Waals surface area contributed by atoms with Crippen molar-refractivity contribution in [2.75, 3.05) is 19.8 Å². The first kappa shape index (κ1) is 16.3. The normalized spacial score (nSPS) is 34.8. The van der Waals surface area contributed by atoms with Crippen LogP contribution < -0.4 is 5.32 Å². The number of hydrogen-bond donors (Lipinski definition) is 1. The average molecular weight is 283 g/mol. The summed E-state index contributed by atoms with van der Waals surface area (Å²) >= 11 is 0. The second-order valence-corrected chi connectivity index (χ2v) is 6.88. The Balaban J connectivity index is 1.83. The Kier molecular flexibility index (Phi) is 6.79. The molecule has 0 aromatic rings. The molecule has 1 aliphatic heterocycles. The van der Waals surface area contributed by atoms with Crippen molar-refractivity contribution in [2.45, 2.75) is 77.5 Å². The number of hydrogen-bond acceptors (Lipinski definition) is 3. The molecule has 1 aliphatic carbocycles. The third kappa shape index (κ3) is 4.71. The highest BCUT2D eigenvalue weighted by molar-refractivity contribution is 4.87. The van der Waals surface area contributed by atoms with Gasteiger partial charge in [-0.25, -0.2) is 0 Å². The van der Waals surface area contributed by atoms with Crippen molar-refractivity contribution in [2.24, 2.45) is 11.8 Å². The highest BCUT2D eigenvalue weighted by Gasteiger charge is 2.32. The van der Waals surface area contributed by atoms with Crippen LogP contribution >= 0.6 is 0 Å². The summed E-state index contributed by atoms with van der Waals surface area (Å²) in [6.07, 6.45) is 8.12. The molecule has 4 unspecified atom stereocenters. The zero-order valence-corrected chi connectivity index (χ0v) is 13.6. The number of nitrogens with one attached hydrogen (secondary N) is 1. The van der Waals surface area contributed by atoms with Crippen LogP contribution in [0.3, 0.4) is 0 Å². The van der Waals surface area contributed by atoms with E-state index in [1.807, 2.05) is 0 Å². The van der Waals surface area contributed by atoms with Gasteiger partial charge >= 0.3 is 0 Å². The molecule has 1 saturated heterocycles. The van der Waals surface area contributed by atoms with E-state index in [9.17, 15) is 0 Å². The van der Waals surface area contributed by atoms with Crippen LogP contribution in [0.2, 0.25) is 0 Å². The molecule has 2 rings (SSSR count). The van der Waals surface area contributed by atoms with Crippen LogP contribution in [0, 0.1) is 11.8 Å². The van der Waals surface area contributed by atoms with Gasteiger partial charge in [-0.2, -0.15) is 0 Å². The van der Waals surface area contributed by atoms with Crippen molar-refractivity contribution in [3.8, 4) is 0 Å². The molecule has 0 aromatic heterocycles. The minimum atomic E-state index is 0.348. The summed E-state index contributed by atoms with van der Waals surface area (Å²) in [5, 5.41) is 3.69. The lowest BCUT2D eigenvalue weighted by Crippen LogP contribution is -2.47. The smallest absolute Gasteiger partial charge is 0.0809 e. The van der Waals surface area contributed by atoms with Crippen LogP contribution in [0.5, 0.6) is 0 Å². The molecule has 4 atom stereocenters. The quantitative estimate of drug-likeness (QED) is 0.777. The van der Waals surface area contributed by atoms with Gasteiger partial charge in [0.25, 0.3) is 0 Å². The number of rotatable bonds is 7. The largest absolute Gasteiger partial charge is 0.376 e. The molecular formula is C17H33NO2. The molecule has 20 heavy (non-hydrogen) atoms. The predicted molar refractivity (Wildman–Crippen MR) is 83.0 cm³/mol. The zero-order valence-electron chi connectivity index (χ0n) is 13.6. The van der Waals surface area contributed by atoms with Gasteiger partial charge in [0.15, 0.2) is 0 Å². The maximum absolute atomic E-state index is 6.27. The molecule has 1 saturated carbocycles. The van der Waals surface area contributed by atoms with Crippen molar-refractivity contribution in [1.29, 1.82) is 0 Å². The van der Waals surface area contributed by atoms with Crippen LogP contribution in [0.4, 0.5) is 0 Å². The molecule has 0 radical (unpaired) electrons. The van der Waals surface area contributed by atoms with Gasteiger partial charge in [-0.05, 0) is 56.9 Å².